The summed E-state index contributed by atoms with van der Waals surface area (Å²) in [6.45, 7) is 2.52. The van der Waals surface area contributed by atoms with Gasteiger partial charge in [0, 0.05) is 6.42 Å². The summed E-state index contributed by atoms with van der Waals surface area (Å²) in [5, 5.41) is 44.8. The van der Waals surface area contributed by atoms with Crippen LogP contribution in [0.15, 0.2) is 48.5 Å². The molecule has 5 atom stereocenters. The van der Waals surface area contributed by atoms with Crippen LogP contribution >= 0.6 is 0 Å². The molecule has 0 aromatic heterocycles. The predicted octanol–water partition coefficient (Wildman–Crippen LogP) is -0.850. The number of nitrogens with two attached hydrogens (primary N) is 1. The molecule has 9 N–H and O–H groups in total. The maximum absolute atomic E-state index is 13.0. The second kappa shape index (κ2) is 13.2. The molecular weight excluding hydrogens is 484 g/mol. The van der Waals surface area contributed by atoms with Gasteiger partial charge in [0.05, 0.1) is 12.1 Å². The summed E-state index contributed by atoms with van der Waals surface area (Å²) in [6.07, 6.45) is -1.24. The lowest BCUT2D eigenvalue weighted by Gasteiger charge is -2.24. The van der Waals surface area contributed by atoms with E-state index < -0.39 is 54.0 Å². The van der Waals surface area contributed by atoms with E-state index in [4.69, 9.17) is 10.8 Å². The van der Waals surface area contributed by atoms with Crippen LogP contribution in [-0.4, -0.2) is 74.4 Å². The molecule has 0 spiro atoms. The van der Waals surface area contributed by atoms with E-state index in [0.29, 0.717) is 11.1 Å². The summed E-state index contributed by atoms with van der Waals surface area (Å²) in [4.78, 5) is 49.5. The number of nitrogens with one attached hydrogen (secondary N) is 3. The van der Waals surface area contributed by atoms with Crippen molar-refractivity contribution in [2.45, 2.75) is 57.0 Å². The van der Waals surface area contributed by atoms with Crippen molar-refractivity contribution >= 4 is 23.7 Å². The highest BCUT2D eigenvalue weighted by Crippen LogP contribution is 2.13. The molecule has 0 heterocycles. The van der Waals surface area contributed by atoms with Crippen molar-refractivity contribution in [3.8, 4) is 11.5 Å². The zero-order valence-electron chi connectivity index (χ0n) is 20.4. The van der Waals surface area contributed by atoms with Crippen molar-refractivity contribution in [3.05, 3.63) is 59.7 Å². The predicted molar refractivity (Wildman–Crippen MR) is 132 cm³/mol. The Balaban J connectivity index is 2.12. The van der Waals surface area contributed by atoms with Crippen LogP contribution < -0.4 is 21.7 Å². The van der Waals surface area contributed by atoms with Crippen molar-refractivity contribution < 1.29 is 39.6 Å². The van der Waals surface area contributed by atoms with E-state index in [1.54, 1.807) is 24.3 Å². The van der Waals surface area contributed by atoms with Crippen LogP contribution in [0.25, 0.3) is 0 Å². The van der Waals surface area contributed by atoms with Crippen molar-refractivity contribution in [2.24, 2.45) is 5.73 Å². The number of phenols is 2. The van der Waals surface area contributed by atoms with Gasteiger partial charge in [-0.25, -0.2) is 4.79 Å². The maximum Gasteiger partial charge on any atom is 0.328 e. The van der Waals surface area contributed by atoms with Gasteiger partial charge >= 0.3 is 5.97 Å². The van der Waals surface area contributed by atoms with Gasteiger partial charge in [-0.15, -0.1) is 0 Å². The minimum absolute atomic E-state index is 0.00352. The van der Waals surface area contributed by atoms with Gasteiger partial charge in [0.25, 0.3) is 0 Å². The van der Waals surface area contributed by atoms with E-state index in [1.807, 2.05) is 0 Å². The van der Waals surface area contributed by atoms with Crippen molar-refractivity contribution in [3.63, 3.8) is 0 Å². The molecule has 0 fully saturated rings. The number of aromatic hydroxyl groups is 2. The third-order valence-electron chi connectivity index (χ3n) is 5.54. The minimum atomic E-state index is -1.57. The van der Waals surface area contributed by atoms with Gasteiger partial charge < -0.3 is 42.1 Å². The van der Waals surface area contributed by atoms with Crippen molar-refractivity contribution in [2.75, 3.05) is 0 Å². The second-order valence-corrected chi connectivity index (χ2v) is 8.70. The number of aliphatic carboxylic acids is 1. The maximum atomic E-state index is 13.0. The molecule has 0 saturated heterocycles. The first-order valence-electron chi connectivity index (χ1n) is 11.5. The highest BCUT2D eigenvalue weighted by atomic mass is 16.4. The fraction of sp³-hybridized carbons (Fsp3) is 0.360. The van der Waals surface area contributed by atoms with Gasteiger partial charge in [-0.3, -0.25) is 14.4 Å². The van der Waals surface area contributed by atoms with Gasteiger partial charge in [-0.1, -0.05) is 24.3 Å². The molecule has 12 nitrogen and oxygen atoms in total. The summed E-state index contributed by atoms with van der Waals surface area (Å²) in [5.74, 6) is -3.58. The van der Waals surface area contributed by atoms with Gasteiger partial charge in [0.2, 0.25) is 17.7 Å². The summed E-state index contributed by atoms with van der Waals surface area (Å²) >= 11 is 0. The Hall–Kier alpha value is -4.16. The van der Waals surface area contributed by atoms with Gasteiger partial charge in [-0.2, -0.15) is 0 Å². The van der Waals surface area contributed by atoms with Crippen molar-refractivity contribution in [1.82, 2.24) is 16.0 Å². The number of carboxylic acids is 1. The fourth-order valence-corrected chi connectivity index (χ4v) is 3.38. The van der Waals surface area contributed by atoms with Gasteiger partial charge in [0.15, 0.2) is 6.04 Å². The van der Waals surface area contributed by atoms with Gasteiger partial charge in [0.1, 0.15) is 23.6 Å². The number of benzene rings is 2. The molecular formula is C25H32N4O8. The number of amides is 3. The van der Waals surface area contributed by atoms with Crippen LogP contribution in [0, 0.1) is 0 Å². The number of carbonyl (C=O) groups excluding carboxylic acids is 3. The Kier molecular flexibility index (Phi) is 10.4. The normalized spacial score (nSPS) is 14.9. The van der Waals surface area contributed by atoms with E-state index >= 15 is 0 Å². The molecule has 2 aromatic carbocycles. The van der Waals surface area contributed by atoms with Crippen LogP contribution in [0.3, 0.4) is 0 Å². The van der Waals surface area contributed by atoms with Crippen LogP contribution in [0.1, 0.15) is 25.0 Å². The zero-order chi connectivity index (χ0) is 27.7. The molecule has 2 rings (SSSR count). The monoisotopic (exact) mass is 516 g/mol. The minimum Gasteiger partial charge on any atom is -0.508 e. The van der Waals surface area contributed by atoms with Crippen LogP contribution in [0.4, 0.5) is 0 Å². The van der Waals surface area contributed by atoms with Crippen LogP contribution in [-0.2, 0) is 32.0 Å². The molecule has 12 heteroatoms. The number of aliphatic hydroxyl groups excluding tert-OH is 1. The number of rotatable bonds is 12. The van der Waals surface area contributed by atoms with E-state index in [2.05, 4.69) is 16.0 Å². The first-order valence-corrected chi connectivity index (χ1v) is 11.5. The lowest BCUT2D eigenvalue weighted by atomic mass is 10.0. The van der Waals surface area contributed by atoms with E-state index in [9.17, 15) is 34.5 Å². The third-order valence-corrected chi connectivity index (χ3v) is 5.54. The molecule has 3 amide bonds. The average molecular weight is 517 g/mol. The largest absolute Gasteiger partial charge is 0.508 e. The highest BCUT2D eigenvalue weighted by Gasteiger charge is 2.30. The molecule has 0 aliphatic heterocycles. The lowest BCUT2D eigenvalue weighted by molar-refractivity contribution is -0.145. The first-order chi connectivity index (χ1) is 17.4. The molecule has 200 valence electrons. The van der Waals surface area contributed by atoms with Crippen molar-refractivity contribution in [1.29, 1.82) is 0 Å². The molecule has 2 aromatic rings. The molecule has 0 bridgehead atoms. The highest BCUT2D eigenvalue weighted by molar-refractivity contribution is 5.94. The van der Waals surface area contributed by atoms with E-state index in [0.717, 1.165) is 0 Å². The number of hydrogen-bond acceptors (Lipinski definition) is 8. The molecule has 0 aliphatic carbocycles. The summed E-state index contributed by atoms with van der Waals surface area (Å²) < 4.78 is 0. The Morgan fingerprint density at radius 3 is 1.70 bits per heavy atom. The number of phenolic OH excluding ortho intramolecular Hbond substituents is 2. The zero-order valence-corrected chi connectivity index (χ0v) is 20.4. The third kappa shape index (κ3) is 9.09. The van der Waals surface area contributed by atoms with E-state index in [-0.39, 0.29) is 24.3 Å². The smallest absolute Gasteiger partial charge is 0.328 e. The lowest BCUT2D eigenvalue weighted by Crippen LogP contribution is -2.58. The first kappa shape index (κ1) is 29.1. The number of aliphatic hydroxyl groups is 1. The Morgan fingerprint density at radius 1 is 0.757 bits per heavy atom. The summed E-state index contributed by atoms with van der Waals surface area (Å²) in [6, 6.07) is 7.15. The molecule has 37 heavy (non-hydrogen) atoms. The average Bonchev–Trinajstić information content (AvgIpc) is 2.83. The second-order valence-electron chi connectivity index (χ2n) is 8.70. The molecule has 0 aliphatic rings. The quantitative estimate of drug-likeness (QED) is 0.176. The molecule has 0 saturated carbocycles. The number of carboxylic acid groups (broad SMARTS) is 1. The topological polar surface area (TPSA) is 211 Å². The number of carbonyl (C=O) groups is 4. The van der Waals surface area contributed by atoms with E-state index in [1.165, 1.54) is 38.1 Å². The molecule has 5 unspecified atom stereocenters. The Bertz CT molecular complexity index is 1090. The van der Waals surface area contributed by atoms with Crippen LogP contribution in [0.5, 0.6) is 11.5 Å². The Labute approximate surface area is 213 Å². The molecule has 0 radical (unpaired) electrons. The standard InChI is InChI=1S/C25H32N4O8/c1-13(22(33)29-21(14(2)30)25(36)37)27-24(35)20(12-16-5-9-18(32)10-6-16)28-23(34)19(26)11-15-3-7-17(31)8-4-15/h3-10,13-14,19-21,30-32H,11-12,26H2,1-2H3,(H,27,35)(H,28,34)(H,29,33)(H,36,37). The number of hydrogen-bond donors (Lipinski definition) is 8. The SMILES string of the molecule is CC(NC(=O)C(Cc1ccc(O)cc1)NC(=O)C(N)Cc1ccc(O)cc1)C(=O)NC(C(=O)O)C(C)O. The summed E-state index contributed by atoms with van der Waals surface area (Å²) in [5.41, 5.74) is 7.32. The van der Waals surface area contributed by atoms with Crippen LogP contribution in [0.2, 0.25) is 0 Å². The Morgan fingerprint density at radius 2 is 1.24 bits per heavy atom. The fourth-order valence-electron chi connectivity index (χ4n) is 3.38. The summed E-state index contributed by atoms with van der Waals surface area (Å²) in [7, 11) is 0. The van der Waals surface area contributed by atoms with Gasteiger partial charge in [-0.05, 0) is 55.7 Å².